The van der Waals surface area contributed by atoms with Crippen LogP contribution in [-0.2, 0) is 9.47 Å². The molecule has 2 aromatic rings. The maximum atomic E-state index is 12.9. The first kappa shape index (κ1) is 23.7. The van der Waals surface area contributed by atoms with E-state index in [-0.39, 0.29) is 30.0 Å². The number of aliphatic hydroxyl groups is 2. The highest BCUT2D eigenvalue weighted by atomic mass is 16.6. The van der Waals surface area contributed by atoms with Crippen molar-refractivity contribution in [3.05, 3.63) is 72.3 Å². The molecule has 0 bridgehead atoms. The van der Waals surface area contributed by atoms with Crippen LogP contribution in [0.3, 0.4) is 0 Å². The van der Waals surface area contributed by atoms with E-state index in [2.05, 4.69) is 6.92 Å². The molecule has 1 aliphatic carbocycles. The summed E-state index contributed by atoms with van der Waals surface area (Å²) in [6.07, 6.45) is 7.03. The number of carbonyl (C=O) groups is 1. The fourth-order valence-corrected chi connectivity index (χ4v) is 5.02. The molecular weight excluding hydrogens is 416 g/mol. The molecule has 2 fully saturated rings. The van der Waals surface area contributed by atoms with Gasteiger partial charge in [0.15, 0.2) is 6.29 Å². The summed E-state index contributed by atoms with van der Waals surface area (Å²) in [7, 11) is 0. The molecule has 0 radical (unpaired) electrons. The van der Waals surface area contributed by atoms with Crippen molar-refractivity contribution >= 4 is 5.97 Å². The van der Waals surface area contributed by atoms with Gasteiger partial charge in [-0.2, -0.15) is 0 Å². The molecule has 0 spiro atoms. The van der Waals surface area contributed by atoms with Gasteiger partial charge in [-0.1, -0.05) is 80.8 Å². The number of esters is 1. The second-order valence-electron chi connectivity index (χ2n) is 9.18. The maximum absolute atomic E-state index is 12.9. The smallest absolute Gasteiger partial charge is 0.338 e. The highest BCUT2D eigenvalue weighted by Crippen LogP contribution is 2.45. The number of aliphatic hydroxyl groups excluding tert-OH is 2. The average Bonchev–Trinajstić information content (AvgIpc) is 3.33. The van der Waals surface area contributed by atoms with Crippen LogP contribution in [0.25, 0.3) is 11.1 Å². The Kier molecular flexibility index (Phi) is 7.97. The van der Waals surface area contributed by atoms with E-state index in [1.165, 1.54) is 0 Å². The Balaban J connectivity index is 1.42. The van der Waals surface area contributed by atoms with Crippen LogP contribution in [0.2, 0.25) is 0 Å². The quantitative estimate of drug-likeness (QED) is 0.315. The van der Waals surface area contributed by atoms with Gasteiger partial charge in [-0.25, -0.2) is 4.79 Å². The van der Waals surface area contributed by atoms with E-state index in [4.69, 9.17) is 9.47 Å². The van der Waals surface area contributed by atoms with Crippen LogP contribution < -0.4 is 0 Å². The zero-order valence-corrected chi connectivity index (χ0v) is 19.2. The summed E-state index contributed by atoms with van der Waals surface area (Å²) in [6, 6.07) is 17.5. The van der Waals surface area contributed by atoms with Gasteiger partial charge in [0, 0.05) is 18.8 Å². The van der Waals surface area contributed by atoms with Gasteiger partial charge in [0.25, 0.3) is 0 Å². The summed E-state index contributed by atoms with van der Waals surface area (Å²) < 4.78 is 11.6. The summed E-state index contributed by atoms with van der Waals surface area (Å²) in [6.45, 7) is 2.14. The Morgan fingerprint density at radius 3 is 2.55 bits per heavy atom. The predicted octanol–water partition coefficient (Wildman–Crippen LogP) is 5.12. The third-order valence-electron chi connectivity index (χ3n) is 6.82. The lowest BCUT2D eigenvalue weighted by atomic mass is 9.91. The zero-order valence-electron chi connectivity index (χ0n) is 19.2. The first-order chi connectivity index (χ1) is 16.0. The van der Waals surface area contributed by atoms with Gasteiger partial charge in [-0.05, 0) is 35.6 Å². The molecule has 6 atom stereocenters. The molecule has 0 amide bonds. The number of hydrogen-bond acceptors (Lipinski definition) is 5. The second-order valence-corrected chi connectivity index (χ2v) is 9.18. The Labute approximate surface area is 196 Å². The summed E-state index contributed by atoms with van der Waals surface area (Å²) in [5.74, 6) is -0.361. The van der Waals surface area contributed by atoms with E-state index >= 15 is 0 Å². The summed E-state index contributed by atoms with van der Waals surface area (Å²) in [5.41, 5.74) is 2.65. The molecule has 4 rings (SSSR count). The van der Waals surface area contributed by atoms with Crippen molar-refractivity contribution in [1.82, 2.24) is 0 Å². The van der Waals surface area contributed by atoms with Gasteiger partial charge in [0.2, 0.25) is 0 Å². The first-order valence-corrected chi connectivity index (χ1v) is 12.1. The minimum atomic E-state index is -0.771. The SMILES string of the molecule is CCCCC[C@H](O)/C=C/[C@H]1[C@@H]2C[C@H](O)O[C@@H]2C[C@@H]1OC(=O)c1ccc(-c2ccccc2)cc1. The van der Waals surface area contributed by atoms with Crippen molar-refractivity contribution in [1.29, 1.82) is 0 Å². The van der Waals surface area contributed by atoms with Crippen molar-refractivity contribution in [2.24, 2.45) is 11.8 Å². The van der Waals surface area contributed by atoms with E-state index in [9.17, 15) is 15.0 Å². The third-order valence-corrected chi connectivity index (χ3v) is 6.82. The normalized spacial score (nSPS) is 27.5. The molecule has 2 aromatic carbocycles. The number of benzene rings is 2. The topological polar surface area (TPSA) is 76.0 Å². The Hall–Kier alpha value is -2.47. The molecule has 5 heteroatoms. The summed E-state index contributed by atoms with van der Waals surface area (Å²) in [4.78, 5) is 12.9. The molecule has 2 N–H and O–H groups in total. The minimum absolute atomic E-state index is 0.0809. The minimum Gasteiger partial charge on any atom is -0.458 e. The van der Waals surface area contributed by atoms with E-state index in [0.29, 0.717) is 18.4 Å². The van der Waals surface area contributed by atoms with Crippen LogP contribution in [0.15, 0.2) is 66.7 Å². The number of unbranched alkanes of at least 4 members (excludes halogenated alkanes) is 2. The highest BCUT2D eigenvalue weighted by Gasteiger charge is 2.50. The van der Waals surface area contributed by atoms with Crippen molar-refractivity contribution in [2.75, 3.05) is 0 Å². The number of hydrogen-bond donors (Lipinski definition) is 2. The van der Waals surface area contributed by atoms with Crippen LogP contribution in [0.5, 0.6) is 0 Å². The van der Waals surface area contributed by atoms with Gasteiger partial charge in [-0.15, -0.1) is 0 Å². The molecule has 1 aliphatic heterocycles. The Bertz CT molecular complexity index is 923. The number of carbonyl (C=O) groups excluding carboxylic acids is 1. The zero-order chi connectivity index (χ0) is 23.2. The highest BCUT2D eigenvalue weighted by molar-refractivity contribution is 5.90. The van der Waals surface area contributed by atoms with Crippen molar-refractivity contribution in [2.45, 2.75) is 70.1 Å². The van der Waals surface area contributed by atoms with Crippen molar-refractivity contribution in [3.8, 4) is 11.1 Å². The molecule has 33 heavy (non-hydrogen) atoms. The van der Waals surface area contributed by atoms with Crippen LogP contribution in [0.1, 0.15) is 55.8 Å². The van der Waals surface area contributed by atoms with Gasteiger partial charge < -0.3 is 19.7 Å². The lowest BCUT2D eigenvalue weighted by molar-refractivity contribution is -0.0955. The fourth-order valence-electron chi connectivity index (χ4n) is 5.02. The van der Waals surface area contributed by atoms with Gasteiger partial charge in [0.1, 0.15) is 6.10 Å². The van der Waals surface area contributed by atoms with Crippen LogP contribution in [-0.4, -0.2) is 40.8 Å². The van der Waals surface area contributed by atoms with E-state index < -0.39 is 12.4 Å². The molecule has 0 aromatic heterocycles. The molecule has 0 unspecified atom stereocenters. The van der Waals surface area contributed by atoms with Gasteiger partial charge >= 0.3 is 5.97 Å². The Morgan fingerprint density at radius 2 is 1.82 bits per heavy atom. The molecule has 1 heterocycles. The first-order valence-electron chi connectivity index (χ1n) is 12.1. The van der Waals surface area contributed by atoms with Crippen LogP contribution >= 0.6 is 0 Å². The largest absolute Gasteiger partial charge is 0.458 e. The van der Waals surface area contributed by atoms with E-state index in [0.717, 1.165) is 36.8 Å². The summed E-state index contributed by atoms with van der Waals surface area (Å²) in [5, 5.41) is 20.3. The third kappa shape index (κ3) is 5.91. The molecule has 1 saturated carbocycles. The monoisotopic (exact) mass is 450 g/mol. The van der Waals surface area contributed by atoms with Crippen LogP contribution in [0, 0.1) is 11.8 Å². The Morgan fingerprint density at radius 1 is 1.09 bits per heavy atom. The molecule has 176 valence electrons. The lowest BCUT2D eigenvalue weighted by Gasteiger charge is -2.21. The number of fused-ring (bicyclic) bond motifs is 1. The second kappa shape index (κ2) is 11.1. The molecule has 5 nitrogen and oxygen atoms in total. The van der Waals surface area contributed by atoms with Crippen molar-refractivity contribution in [3.63, 3.8) is 0 Å². The average molecular weight is 451 g/mol. The molecule has 2 aliphatic rings. The summed E-state index contributed by atoms with van der Waals surface area (Å²) >= 11 is 0. The fraction of sp³-hybridized carbons (Fsp3) is 0.464. The predicted molar refractivity (Wildman–Crippen MR) is 127 cm³/mol. The van der Waals surface area contributed by atoms with Crippen LogP contribution in [0.4, 0.5) is 0 Å². The van der Waals surface area contributed by atoms with Gasteiger partial charge in [0.05, 0.1) is 17.8 Å². The van der Waals surface area contributed by atoms with Gasteiger partial charge in [-0.3, -0.25) is 0 Å². The maximum Gasteiger partial charge on any atom is 0.338 e. The lowest BCUT2D eigenvalue weighted by Crippen LogP contribution is -2.25. The molecule has 1 saturated heterocycles. The standard InChI is InChI=1S/C28H34O5/c1-2-3-5-10-22(29)15-16-23-24-17-27(30)32-26(24)18-25(23)33-28(31)21-13-11-20(12-14-21)19-8-6-4-7-9-19/h4,6-9,11-16,22-27,29-30H,2-3,5,10,17-18H2,1H3/b16-15+/t22-,23-,24-,25-,26+,27+/m0/s1. The number of rotatable bonds is 9. The van der Waals surface area contributed by atoms with E-state index in [1.54, 1.807) is 12.1 Å². The van der Waals surface area contributed by atoms with Crippen molar-refractivity contribution < 1.29 is 24.5 Å². The van der Waals surface area contributed by atoms with E-state index in [1.807, 2.05) is 54.6 Å². The number of ether oxygens (including phenoxy) is 2. The molecular formula is C28H34O5.